The minimum Gasteiger partial charge on any atom is -0.748 e. The smallest absolute Gasteiger partial charge is 0.516 e. The molecule has 22 heavy (non-hydrogen) atoms. The second-order valence-corrected chi connectivity index (χ2v) is 5.71. The van der Waals surface area contributed by atoms with Crippen molar-refractivity contribution in [2.75, 3.05) is 3.28 Å². The molecule has 1 aromatic rings. The van der Waals surface area contributed by atoms with Crippen molar-refractivity contribution in [3.63, 3.8) is 0 Å². The van der Waals surface area contributed by atoms with Gasteiger partial charge in [0.2, 0.25) is 6.29 Å². The van der Waals surface area contributed by atoms with Gasteiger partial charge >= 0.3 is 12.1 Å². The van der Waals surface area contributed by atoms with Crippen molar-refractivity contribution in [1.82, 2.24) is 0 Å². The van der Waals surface area contributed by atoms with Gasteiger partial charge in [-0.1, -0.05) is 13.8 Å². The van der Waals surface area contributed by atoms with Crippen LogP contribution in [0.1, 0.15) is 20.8 Å². The summed E-state index contributed by atoms with van der Waals surface area (Å²) in [6.07, 6.45) is -2.13. The minimum atomic E-state index is -1.84. The molecule has 0 N–H and O–H groups in total. The van der Waals surface area contributed by atoms with Gasteiger partial charge in [-0.15, -0.1) is 0 Å². The van der Waals surface area contributed by atoms with E-state index in [-0.39, 0.29) is 17.4 Å². The lowest BCUT2D eigenvalue weighted by atomic mass is 10.2. The number of carbonyl (C=O) groups is 2. The topological polar surface area (TPSA) is 105 Å². The van der Waals surface area contributed by atoms with Crippen molar-refractivity contribution in [2.24, 2.45) is 5.92 Å². The summed E-state index contributed by atoms with van der Waals surface area (Å²) < 4.78 is 25.3. The van der Waals surface area contributed by atoms with E-state index in [1.54, 1.807) is 13.8 Å². The fourth-order valence-corrected chi connectivity index (χ4v) is 1.80. The third-order valence-electron chi connectivity index (χ3n) is 2.32. The second kappa shape index (κ2) is 8.63. The Kier molecular flexibility index (Phi) is 7.18. The number of esters is 1. The second-order valence-electron chi connectivity index (χ2n) is 4.44. The van der Waals surface area contributed by atoms with Gasteiger partial charge in [0.05, 0.1) is 5.92 Å². The summed E-state index contributed by atoms with van der Waals surface area (Å²) in [7, 11) is 0. The van der Waals surface area contributed by atoms with Gasteiger partial charge < -0.3 is 22.7 Å². The van der Waals surface area contributed by atoms with E-state index >= 15 is 0 Å². The number of benzene rings is 1. The van der Waals surface area contributed by atoms with E-state index < -0.39 is 39.9 Å². The molecule has 8 nitrogen and oxygen atoms in total. The van der Waals surface area contributed by atoms with Crippen molar-refractivity contribution in [3.8, 4) is 5.75 Å². The molecule has 0 amide bonds. The first-order valence-electron chi connectivity index (χ1n) is 6.27. The average Bonchev–Trinajstić information content (AvgIpc) is 2.46. The molecule has 1 aromatic carbocycles. The first kappa shape index (κ1) is 18.3. The summed E-state index contributed by atoms with van der Waals surface area (Å²) in [5.41, 5.74) is 0.197. The van der Waals surface area contributed by atoms with E-state index in [9.17, 15) is 17.9 Å². The zero-order chi connectivity index (χ0) is 16.7. The fraction of sp³-hybridized carbons (Fsp3) is 0.385. The van der Waals surface area contributed by atoms with E-state index in [1.165, 1.54) is 31.2 Å². The van der Waals surface area contributed by atoms with Crippen LogP contribution >= 0.6 is 21.5 Å². The Labute approximate surface area is 137 Å². The van der Waals surface area contributed by atoms with Crippen molar-refractivity contribution in [3.05, 3.63) is 29.5 Å². The molecule has 0 heterocycles. The van der Waals surface area contributed by atoms with Crippen molar-refractivity contribution >= 4 is 39.3 Å². The van der Waals surface area contributed by atoms with Gasteiger partial charge in [-0.05, 0) is 24.3 Å². The molecule has 0 saturated heterocycles. The van der Waals surface area contributed by atoms with Crippen LogP contribution in [-0.2, 0) is 17.3 Å². The predicted octanol–water partition coefficient (Wildman–Crippen LogP) is 3.28. The van der Waals surface area contributed by atoms with E-state index in [0.717, 1.165) is 0 Å². The highest BCUT2D eigenvalue weighted by Gasteiger charge is 2.17. The van der Waals surface area contributed by atoms with Crippen molar-refractivity contribution in [1.29, 1.82) is 0 Å². The first-order valence-corrected chi connectivity index (χ1v) is 8.11. The molecule has 0 radical (unpaired) electrons. The van der Waals surface area contributed by atoms with E-state index in [1.807, 2.05) is 0 Å². The lowest BCUT2D eigenvalue weighted by Gasteiger charge is -2.20. The SMILES string of the molecule is CC(OC(=O)Oc1ccc(N([O-])I=O)cc1)OC(=O)C(C)C. The van der Waals surface area contributed by atoms with E-state index in [2.05, 4.69) is 0 Å². The average molecular weight is 424 g/mol. The molecule has 0 aromatic heterocycles. The number of hydrogen-bond acceptors (Lipinski definition) is 7. The van der Waals surface area contributed by atoms with Gasteiger partial charge in [-0.25, -0.2) is 7.86 Å². The maximum absolute atomic E-state index is 11.5. The molecule has 0 aliphatic carbocycles. The summed E-state index contributed by atoms with van der Waals surface area (Å²) in [5.74, 6) is -0.705. The molecular weight excluding hydrogens is 409 g/mol. The van der Waals surface area contributed by atoms with Crippen LogP contribution in [0.15, 0.2) is 24.3 Å². The molecule has 0 aliphatic rings. The molecule has 0 spiro atoms. The molecular formula is C13H15INO7-. The Balaban J connectivity index is 2.51. The van der Waals surface area contributed by atoms with Crippen LogP contribution in [0.3, 0.4) is 0 Å². The lowest BCUT2D eigenvalue weighted by Crippen LogP contribution is -2.25. The number of nitrogens with zero attached hydrogens (tertiary/aromatic N) is 1. The molecule has 9 heteroatoms. The van der Waals surface area contributed by atoms with Crippen molar-refractivity contribution < 1.29 is 26.9 Å². The molecule has 1 atom stereocenters. The highest BCUT2D eigenvalue weighted by molar-refractivity contribution is 14.1. The number of halogens is 1. The Bertz CT molecular complexity index is 532. The van der Waals surface area contributed by atoms with Crippen LogP contribution in [0.5, 0.6) is 5.75 Å². The Morgan fingerprint density at radius 1 is 1.14 bits per heavy atom. The summed E-state index contributed by atoms with van der Waals surface area (Å²) in [6, 6.07) is 5.42. The highest BCUT2D eigenvalue weighted by Crippen LogP contribution is 2.23. The van der Waals surface area contributed by atoms with Crippen molar-refractivity contribution in [2.45, 2.75) is 27.1 Å². The molecule has 122 valence electrons. The van der Waals surface area contributed by atoms with Gasteiger partial charge in [0.1, 0.15) is 5.75 Å². The van der Waals surface area contributed by atoms with Crippen LogP contribution in [-0.4, -0.2) is 18.4 Å². The third-order valence-corrected chi connectivity index (χ3v) is 3.23. The number of hydrogen-bond donors (Lipinski definition) is 0. The van der Waals surface area contributed by atoms with Crippen LogP contribution < -0.4 is 8.01 Å². The highest BCUT2D eigenvalue weighted by atomic mass is 127. The van der Waals surface area contributed by atoms with E-state index in [0.29, 0.717) is 3.28 Å². The van der Waals surface area contributed by atoms with Gasteiger partial charge in [-0.2, -0.15) is 0 Å². The molecule has 0 fully saturated rings. The molecule has 0 bridgehead atoms. The predicted molar refractivity (Wildman–Crippen MR) is 84.5 cm³/mol. The third kappa shape index (κ3) is 5.93. The summed E-state index contributed by atoms with van der Waals surface area (Å²) in [5, 5.41) is 11.1. The maximum atomic E-state index is 11.5. The van der Waals surface area contributed by atoms with Gasteiger partial charge in [0.15, 0.2) is 0 Å². The standard InChI is InChI=1S/C13H15INO7/c1-8(2)12(16)20-9(3)21-13(17)22-11-6-4-10(5-7-11)15(19)14-18/h4-9H,1-3H3/q-1. The quantitative estimate of drug-likeness (QED) is 0.171. The number of carbonyl (C=O) groups excluding carboxylic acids is 2. The number of anilines is 1. The van der Waals surface area contributed by atoms with Gasteiger partial charge in [0.25, 0.3) is 21.5 Å². The first-order chi connectivity index (χ1) is 10.3. The number of ether oxygens (including phenoxy) is 3. The number of rotatable bonds is 6. The molecule has 0 aliphatic heterocycles. The fourth-order valence-electron chi connectivity index (χ4n) is 1.25. The van der Waals surface area contributed by atoms with Gasteiger partial charge in [-0.3, -0.25) is 4.79 Å². The Hall–Kier alpha value is -1.75. The van der Waals surface area contributed by atoms with Gasteiger partial charge in [0, 0.05) is 12.6 Å². The van der Waals surface area contributed by atoms with Crippen LogP contribution in [0, 0.1) is 11.1 Å². The van der Waals surface area contributed by atoms with Crippen LogP contribution in [0.25, 0.3) is 0 Å². The zero-order valence-electron chi connectivity index (χ0n) is 12.1. The molecule has 1 unspecified atom stereocenters. The zero-order valence-corrected chi connectivity index (χ0v) is 14.3. The minimum absolute atomic E-state index is 0.133. The molecule has 0 saturated carbocycles. The largest absolute Gasteiger partial charge is 0.748 e. The van der Waals surface area contributed by atoms with E-state index in [4.69, 9.17) is 14.2 Å². The maximum Gasteiger partial charge on any atom is 0.516 e. The van der Waals surface area contributed by atoms with Crippen LogP contribution in [0.4, 0.5) is 10.5 Å². The summed E-state index contributed by atoms with van der Waals surface area (Å²) in [6.45, 7) is 4.69. The Morgan fingerprint density at radius 2 is 1.73 bits per heavy atom. The molecule has 1 rings (SSSR count). The monoisotopic (exact) mass is 424 g/mol. The summed E-state index contributed by atoms with van der Waals surface area (Å²) >= 11 is -1.84. The normalized spacial score (nSPS) is 11.7. The lowest BCUT2D eigenvalue weighted by molar-refractivity contribution is -0.170. The summed E-state index contributed by atoms with van der Waals surface area (Å²) in [4.78, 5) is 22.8. The van der Waals surface area contributed by atoms with Crippen LogP contribution in [0.2, 0.25) is 0 Å². The Morgan fingerprint density at radius 3 is 2.23 bits per heavy atom.